The molecule has 4 nitrogen and oxygen atoms in total. The highest BCUT2D eigenvalue weighted by Crippen LogP contribution is 2.39. The third kappa shape index (κ3) is 2.67. The Labute approximate surface area is 126 Å². The van der Waals surface area contributed by atoms with E-state index in [9.17, 15) is 9.59 Å². The van der Waals surface area contributed by atoms with Crippen LogP contribution in [0.2, 0.25) is 0 Å². The van der Waals surface area contributed by atoms with Crippen LogP contribution in [0.1, 0.15) is 53.1 Å². The van der Waals surface area contributed by atoms with Crippen LogP contribution in [0.4, 0.5) is 4.79 Å². The zero-order valence-electron chi connectivity index (χ0n) is 13.7. The second kappa shape index (κ2) is 4.86. The molecule has 0 spiro atoms. The predicted octanol–water partition coefficient (Wildman–Crippen LogP) is 3.59. The van der Waals surface area contributed by atoms with Crippen molar-refractivity contribution in [1.82, 2.24) is 9.80 Å². The van der Waals surface area contributed by atoms with Crippen molar-refractivity contribution < 1.29 is 9.59 Å². The Hall–Kier alpha value is -1.84. The maximum atomic E-state index is 12.9. The summed E-state index contributed by atoms with van der Waals surface area (Å²) in [6.45, 7) is 11.5. The van der Waals surface area contributed by atoms with E-state index in [-0.39, 0.29) is 11.9 Å². The maximum absolute atomic E-state index is 12.9. The summed E-state index contributed by atoms with van der Waals surface area (Å²) in [6, 6.07) is 8.75. The third-order valence-corrected chi connectivity index (χ3v) is 3.62. The SMILES string of the molecule is CC(C)(C)N1C(=O)[C@H](c2ccccc2)N(C(C)(C)C)C1=O. The molecule has 1 saturated heterocycles. The van der Waals surface area contributed by atoms with E-state index < -0.39 is 17.1 Å². The summed E-state index contributed by atoms with van der Waals surface area (Å²) in [6.07, 6.45) is 0. The van der Waals surface area contributed by atoms with E-state index >= 15 is 0 Å². The Morgan fingerprint density at radius 1 is 0.857 bits per heavy atom. The van der Waals surface area contributed by atoms with Crippen LogP contribution in [0, 0.1) is 0 Å². The first-order chi connectivity index (χ1) is 9.55. The Balaban J connectivity index is 2.56. The van der Waals surface area contributed by atoms with E-state index in [0.29, 0.717) is 0 Å². The quantitative estimate of drug-likeness (QED) is 0.741. The van der Waals surface area contributed by atoms with Gasteiger partial charge in [0.25, 0.3) is 5.91 Å². The number of rotatable bonds is 1. The minimum Gasteiger partial charge on any atom is -0.303 e. The first-order valence-corrected chi connectivity index (χ1v) is 7.27. The molecule has 0 radical (unpaired) electrons. The lowest BCUT2D eigenvalue weighted by Gasteiger charge is -2.36. The summed E-state index contributed by atoms with van der Waals surface area (Å²) >= 11 is 0. The van der Waals surface area contributed by atoms with Crippen molar-refractivity contribution in [2.45, 2.75) is 58.7 Å². The number of nitrogens with zero attached hydrogens (tertiary/aromatic N) is 2. The first-order valence-electron chi connectivity index (χ1n) is 7.27. The standard InChI is InChI=1S/C17H24N2O2/c1-16(2,3)18-13(12-10-8-7-9-11-12)14(20)19(15(18)21)17(4,5)6/h7-11,13H,1-6H3/t13-/m0/s1. The van der Waals surface area contributed by atoms with Crippen LogP contribution in [-0.4, -0.2) is 32.8 Å². The van der Waals surface area contributed by atoms with E-state index in [1.807, 2.05) is 71.9 Å². The fraction of sp³-hybridized carbons (Fsp3) is 0.529. The van der Waals surface area contributed by atoms with Crippen molar-refractivity contribution in [3.63, 3.8) is 0 Å². The summed E-state index contributed by atoms with van der Waals surface area (Å²) in [5, 5.41) is 0. The summed E-state index contributed by atoms with van der Waals surface area (Å²) in [7, 11) is 0. The highest BCUT2D eigenvalue weighted by Gasteiger charge is 2.53. The molecule has 0 unspecified atom stereocenters. The normalized spacial score (nSPS) is 20.4. The molecule has 0 saturated carbocycles. The molecule has 114 valence electrons. The lowest BCUT2D eigenvalue weighted by Crippen LogP contribution is -2.49. The fourth-order valence-electron chi connectivity index (χ4n) is 2.76. The van der Waals surface area contributed by atoms with E-state index in [2.05, 4.69) is 0 Å². The largest absolute Gasteiger partial charge is 0.328 e. The van der Waals surface area contributed by atoms with Gasteiger partial charge in [0.2, 0.25) is 0 Å². The lowest BCUT2D eigenvalue weighted by molar-refractivity contribution is -0.131. The molecular weight excluding hydrogens is 264 g/mol. The van der Waals surface area contributed by atoms with Crippen molar-refractivity contribution in [3.8, 4) is 0 Å². The zero-order valence-corrected chi connectivity index (χ0v) is 13.7. The number of benzene rings is 1. The molecule has 0 aliphatic carbocycles. The smallest absolute Gasteiger partial charge is 0.303 e. The molecule has 21 heavy (non-hydrogen) atoms. The molecular formula is C17H24N2O2. The molecule has 2 rings (SSSR count). The highest BCUT2D eigenvalue weighted by molar-refractivity contribution is 6.05. The summed E-state index contributed by atoms with van der Waals surface area (Å²) in [5.74, 6) is -0.145. The van der Waals surface area contributed by atoms with E-state index in [0.717, 1.165) is 5.56 Å². The van der Waals surface area contributed by atoms with Gasteiger partial charge in [-0.05, 0) is 47.1 Å². The molecule has 1 atom stereocenters. The van der Waals surface area contributed by atoms with Crippen LogP contribution in [0.15, 0.2) is 30.3 Å². The minimum absolute atomic E-state index is 0.145. The third-order valence-electron chi connectivity index (χ3n) is 3.62. The fourth-order valence-corrected chi connectivity index (χ4v) is 2.76. The van der Waals surface area contributed by atoms with Crippen molar-refractivity contribution in [1.29, 1.82) is 0 Å². The van der Waals surface area contributed by atoms with Crippen molar-refractivity contribution in [3.05, 3.63) is 35.9 Å². The van der Waals surface area contributed by atoms with Gasteiger partial charge in [-0.3, -0.25) is 9.69 Å². The molecule has 1 aliphatic rings. The summed E-state index contributed by atoms with van der Waals surface area (Å²) < 4.78 is 0. The van der Waals surface area contributed by atoms with E-state index in [4.69, 9.17) is 0 Å². The Kier molecular flexibility index (Phi) is 3.60. The van der Waals surface area contributed by atoms with Crippen LogP contribution in [-0.2, 0) is 4.79 Å². The van der Waals surface area contributed by atoms with Gasteiger partial charge in [-0.25, -0.2) is 4.79 Å². The molecule has 1 heterocycles. The average Bonchev–Trinajstić information content (AvgIpc) is 2.60. The van der Waals surface area contributed by atoms with Gasteiger partial charge in [0.05, 0.1) is 0 Å². The Bertz CT molecular complexity index is 552. The zero-order chi connectivity index (χ0) is 16.0. The lowest BCUT2D eigenvalue weighted by atomic mass is 9.99. The predicted molar refractivity (Wildman–Crippen MR) is 82.8 cm³/mol. The second-order valence-electron chi connectivity index (χ2n) is 7.48. The molecule has 4 heteroatoms. The monoisotopic (exact) mass is 288 g/mol. The number of carbonyl (C=O) groups is 2. The number of hydrogen-bond acceptors (Lipinski definition) is 2. The van der Waals surface area contributed by atoms with E-state index in [1.54, 1.807) is 4.90 Å². The van der Waals surface area contributed by atoms with Crippen LogP contribution >= 0.6 is 0 Å². The summed E-state index contributed by atoms with van der Waals surface area (Å²) in [5.41, 5.74) is -0.0911. The van der Waals surface area contributed by atoms with Gasteiger partial charge in [-0.2, -0.15) is 0 Å². The number of hydrogen-bond donors (Lipinski definition) is 0. The van der Waals surface area contributed by atoms with Crippen molar-refractivity contribution >= 4 is 11.9 Å². The molecule has 0 N–H and O–H groups in total. The van der Waals surface area contributed by atoms with E-state index in [1.165, 1.54) is 4.90 Å². The van der Waals surface area contributed by atoms with Crippen LogP contribution in [0.25, 0.3) is 0 Å². The van der Waals surface area contributed by atoms with Gasteiger partial charge < -0.3 is 4.90 Å². The average molecular weight is 288 g/mol. The van der Waals surface area contributed by atoms with Crippen molar-refractivity contribution in [2.24, 2.45) is 0 Å². The molecule has 0 bridgehead atoms. The van der Waals surface area contributed by atoms with Crippen LogP contribution < -0.4 is 0 Å². The van der Waals surface area contributed by atoms with Gasteiger partial charge in [0.1, 0.15) is 6.04 Å². The minimum atomic E-state index is -0.544. The molecule has 1 aliphatic heterocycles. The molecule has 1 aromatic carbocycles. The van der Waals surface area contributed by atoms with Gasteiger partial charge in [-0.15, -0.1) is 0 Å². The maximum Gasteiger partial charge on any atom is 0.328 e. The molecule has 0 aromatic heterocycles. The van der Waals surface area contributed by atoms with Crippen molar-refractivity contribution in [2.75, 3.05) is 0 Å². The first kappa shape index (κ1) is 15.5. The van der Waals surface area contributed by atoms with Gasteiger partial charge in [0, 0.05) is 11.1 Å². The number of carbonyl (C=O) groups excluding carboxylic acids is 2. The van der Waals surface area contributed by atoms with Crippen LogP contribution in [0.3, 0.4) is 0 Å². The van der Waals surface area contributed by atoms with Gasteiger partial charge >= 0.3 is 6.03 Å². The number of amides is 3. The Morgan fingerprint density at radius 2 is 1.38 bits per heavy atom. The molecule has 3 amide bonds. The molecule has 1 aromatic rings. The van der Waals surface area contributed by atoms with Gasteiger partial charge in [-0.1, -0.05) is 30.3 Å². The highest BCUT2D eigenvalue weighted by atomic mass is 16.2. The number of imide groups is 1. The summed E-state index contributed by atoms with van der Waals surface area (Å²) in [4.78, 5) is 28.8. The number of urea groups is 1. The Morgan fingerprint density at radius 3 is 1.81 bits per heavy atom. The second-order valence-corrected chi connectivity index (χ2v) is 7.48. The van der Waals surface area contributed by atoms with Gasteiger partial charge in [0.15, 0.2) is 0 Å². The van der Waals surface area contributed by atoms with Crippen LogP contribution in [0.5, 0.6) is 0 Å². The molecule has 1 fully saturated rings. The topological polar surface area (TPSA) is 40.6 Å².